The Labute approximate surface area is 204 Å². The topological polar surface area (TPSA) is 158 Å². The van der Waals surface area contributed by atoms with Crippen molar-refractivity contribution in [3.05, 3.63) is 64.1 Å². The summed E-state index contributed by atoms with van der Waals surface area (Å²) in [6.45, 7) is 0.251. The van der Waals surface area contributed by atoms with E-state index < -0.39 is 43.3 Å². The molecule has 0 radical (unpaired) electrons. The number of aromatic hydroxyl groups is 1. The van der Waals surface area contributed by atoms with Crippen LogP contribution in [0.15, 0.2) is 35.6 Å². The third kappa shape index (κ3) is 3.95. The van der Waals surface area contributed by atoms with Crippen molar-refractivity contribution in [1.29, 1.82) is 0 Å². The van der Waals surface area contributed by atoms with E-state index in [0.29, 0.717) is 11.3 Å². The number of hydrogen-bond donors (Lipinski definition) is 2. The number of carbonyl (C=O) groups excluding carboxylic acids is 1. The minimum Gasteiger partial charge on any atom is -0.501 e. The van der Waals surface area contributed by atoms with E-state index in [1.54, 1.807) is 0 Å². The summed E-state index contributed by atoms with van der Waals surface area (Å²) >= 11 is 0. The first kappa shape index (κ1) is 24.1. The second-order valence-corrected chi connectivity index (χ2v) is 11.1. The Bertz CT molecular complexity index is 1480. The average molecular weight is 519 g/mol. The zero-order chi connectivity index (χ0) is 25.5. The molecule has 2 aliphatic heterocycles. The quantitative estimate of drug-likeness (QED) is 0.499. The second-order valence-electron chi connectivity index (χ2n) is 8.66. The fourth-order valence-corrected chi connectivity index (χ4v) is 6.86. The van der Waals surface area contributed by atoms with Crippen molar-refractivity contribution < 1.29 is 27.4 Å². The van der Waals surface area contributed by atoms with E-state index in [1.807, 2.05) is 0 Å². The minimum absolute atomic E-state index is 0.0509. The maximum Gasteiger partial charge on any atom is 0.296 e. The van der Waals surface area contributed by atoms with E-state index in [4.69, 9.17) is 4.74 Å². The van der Waals surface area contributed by atoms with E-state index in [1.165, 1.54) is 35.5 Å². The number of rotatable bonds is 4. The van der Waals surface area contributed by atoms with Gasteiger partial charge in [0.15, 0.2) is 15.5 Å². The molecule has 0 atom stereocenters. The molecule has 0 bridgehead atoms. The number of nitrogens with one attached hydrogen (secondary N) is 1. The molecule has 2 aliphatic rings. The summed E-state index contributed by atoms with van der Waals surface area (Å²) in [6.07, 6.45) is 3.00. The fraction of sp³-hybridized carbons (Fsp3) is 0.409. The molecule has 36 heavy (non-hydrogen) atoms. The summed E-state index contributed by atoms with van der Waals surface area (Å²) in [7, 11) is -3.72. The second kappa shape index (κ2) is 9.09. The van der Waals surface area contributed by atoms with Crippen LogP contribution in [-0.4, -0.2) is 62.7 Å². The van der Waals surface area contributed by atoms with Crippen LogP contribution in [0.4, 0.5) is 4.39 Å². The highest BCUT2D eigenvalue weighted by atomic mass is 32.2. The van der Waals surface area contributed by atoms with E-state index in [2.05, 4.69) is 20.4 Å². The molecule has 3 aromatic rings. The molecule has 1 amide bonds. The Balaban J connectivity index is 1.52. The Hall–Kier alpha value is -3.65. The standard InChI is InChI=1S/C22H23FN6O6S/c23-15-3-2-14(16(10-15)29-13-24-12-26-29)11-25-19(31)17-18(30)20(32)28-6-1-9-36(33,34)22(21(28)27-17)4-7-35-8-5-22/h2-3,10,12-13,30H,1,4-9,11H2,(H,25,31). The smallest absolute Gasteiger partial charge is 0.296 e. The molecule has 190 valence electrons. The van der Waals surface area contributed by atoms with Crippen LogP contribution in [-0.2, 0) is 32.4 Å². The predicted molar refractivity (Wildman–Crippen MR) is 123 cm³/mol. The summed E-state index contributed by atoms with van der Waals surface area (Å²) in [5.41, 5.74) is -0.638. The average Bonchev–Trinajstić information content (AvgIpc) is 3.38. The normalized spacial score (nSPS) is 18.4. The van der Waals surface area contributed by atoms with Crippen molar-refractivity contribution in [2.75, 3.05) is 19.0 Å². The Kier molecular flexibility index (Phi) is 6.08. The molecule has 0 unspecified atom stereocenters. The SMILES string of the molecule is O=C(NCc1ccc(F)cc1-n1cncn1)c1nc2n(c(=O)c1O)CCCS(=O)(=O)C21CCOCC1. The number of benzene rings is 1. The number of aromatic nitrogens is 5. The number of fused-ring (bicyclic) bond motifs is 2. The van der Waals surface area contributed by atoms with Crippen LogP contribution in [0, 0.1) is 5.82 Å². The number of ether oxygens (including phenoxy) is 1. The number of nitrogens with zero attached hydrogens (tertiary/aromatic N) is 5. The van der Waals surface area contributed by atoms with E-state index in [-0.39, 0.29) is 57.1 Å². The molecule has 4 heterocycles. The van der Waals surface area contributed by atoms with Crippen LogP contribution in [0.3, 0.4) is 0 Å². The third-order valence-corrected chi connectivity index (χ3v) is 9.22. The van der Waals surface area contributed by atoms with Crippen LogP contribution in [0.5, 0.6) is 5.75 Å². The molecule has 5 rings (SSSR count). The van der Waals surface area contributed by atoms with Crippen LogP contribution in [0.1, 0.15) is 41.1 Å². The van der Waals surface area contributed by atoms with Crippen LogP contribution < -0.4 is 10.9 Å². The molecule has 2 aromatic heterocycles. The third-order valence-electron chi connectivity index (χ3n) is 6.61. The summed E-state index contributed by atoms with van der Waals surface area (Å²) in [5.74, 6) is -2.47. The van der Waals surface area contributed by atoms with Crippen molar-refractivity contribution in [3.63, 3.8) is 0 Å². The predicted octanol–water partition coefficient (Wildman–Crippen LogP) is 0.423. The van der Waals surface area contributed by atoms with Gasteiger partial charge in [-0.2, -0.15) is 5.10 Å². The number of hydrogen-bond acceptors (Lipinski definition) is 9. The first-order valence-corrected chi connectivity index (χ1v) is 12.9. The zero-order valence-corrected chi connectivity index (χ0v) is 19.9. The van der Waals surface area contributed by atoms with E-state index >= 15 is 0 Å². The van der Waals surface area contributed by atoms with Gasteiger partial charge in [0.05, 0.1) is 11.4 Å². The van der Waals surface area contributed by atoms with Crippen molar-refractivity contribution in [2.45, 2.75) is 37.1 Å². The molecule has 1 aromatic carbocycles. The van der Waals surface area contributed by atoms with Crippen LogP contribution in [0.2, 0.25) is 0 Å². The van der Waals surface area contributed by atoms with Gasteiger partial charge in [-0.05, 0) is 37.0 Å². The molecule has 14 heteroatoms. The number of halogens is 1. The highest BCUT2D eigenvalue weighted by Gasteiger charge is 2.51. The van der Waals surface area contributed by atoms with E-state index in [9.17, 15) is 27.5 Å². The highest BCUT2D eigenvalue weighted by molar-refractivity contribution is 7.92. The van der Waals surface area contributed by atoms with Gasteiger partial charge < -0.3 is 15.2 Å². The lowest BCUT2D eigenvalue weighted by Gasteiger charge is -2.35. The first-order chi connectivity index (χ1) is 17.2. The van der Waals surface area contributed by atoms with Gasteiger partial charge in [0, 0.05) is 26.3 Å². The maximum absolute atomic E-state index is 13.8. The molecule has 0 aliphatic carbocycles. The summed E-state index contributed by atoms with van der Waals surface area (Å²) in [6, 6.07) is 3.89. The Morgan fingerprint density at radius 1 is 1.28 bits per heavy atom. The lowest BCUT2D eigenvalue weighted by molar-refractivity contribution is 0.0707. The molecule has 1 fully saturated rings. The lowest BCUT2D eigenvalue weighted by atomic mass is 9.97. The molecular weight excluding hydrogens is 495 g/mol. The summed E-state index contributed by atoms with van der Waals surface area (Å²) < 4.78 is 46.8. The highest BCUT2D eigenvalue weighted by Crippen LogP contribution is 2.41. The van der Waals surface area contributed by atoms with Crippen molar-refractivity contribution in [3.8, 4) is 11.4 Å². The minimum atomic E-state index is -3.72. The first-order valence-electron chi connectivity index (χ1n) is 11.3. The van der Waals surface area contributed by atoms with E-state index in [0.717, 1.165) is 4.57 Å². The number of amides is 1. The van der Waals surface area contributed by atoms with Crippen molar-refractivity contribution in [1.82, 2.24) is 29.6 Å². The molecule has 12 nitrogen and oxygen atoms in total. The zero-order valence-electron chi connectivity index (χ0n) is 19.1. The fourth-order valence-electron chi connectivity index (χ4n) is 4.73. The van der Waals surface area contributed by atoms with Gasteiger partial charge in [-0.3, -0.25) is 14.2 Å². The lowest BCUT2D eigenvalue weighted by Crippen LogP contribution is -2.46. The van der Waals surface area contributed by atoms with Crippen LogP contribution >= 0.6 is 0 Å². The van der Waals surface area contributed by atoms with Gasteiger partial charge in [0.2, 0.25) is 5.75 Å². The summed E-state index contributed by atoms with van der Waals surface area (Å²) in [4.78, 5) is 34.3. The van der Waals surface area contributed by atoms with Gasteiger partial charge in [-0.15, -0.1) is 0 Å². The van der Waals surface area contributed by atoms with Gasteiger partial charge in [0.25, 0.3) is 11.5 Å². The maximum atomic E-state index is 13.8. The largest absolute Gasteiger partial charge is 0.501 e. The van der Waals surface area contributed by atoms with Crippen molar-refractivity contribution in [2.24, 2.45) is 0 Å². The molecule has 1 spiro atoms. The Morgan fingerprint density at radius 2 is 2.06 bits per heavy atom. The molecule has 0 saturated carbocycles. The molecular formula is C22H23FN6O6S. The van der Waals surface area contributed by atoms with Crippen molar-refractivity contribution >= 4 is 15.7 Å². The monoisotopic (exact) mass is 518 g/mol. The molecule has 2 N–H and O–H groups in total. The van der Waals surface area contributed by atoms with Gasteiger partial charge in [-0.1, -0.05) is 6.07 Å². The van der Waals surface area contributed by atoms with Crippen LogP contribution in [0.25, 0.3) is 5.69 Å². The van der Waals surface area contributed by atoms with Gasteiger partial charge in [0.1, 0.15) is 29.0 Å². The Morgan fingerprint density at radius 3 is 2.78 bits per heavy atom. The van der Waals surface area contributed by atoms with Gasteiger partial charge in [-0.25, -0.2) is 27.5 Å². The number of sulfone groups is 1. The number of carbonyl (C=O) groups is 1. The van der Waals surface area contributed by atoms with Gasteiger partial charge >= 0.3 is 0 Å². The summed E-state index contributed by atoms with van der Waals surface area (Å²) in [5, 5.41) is 17.1. The molecule has 1 saturated heterocycles.